The third kappa shape index (κ3) is 3.27. The number of nitrogens with one attached hydrogen (secondary N) is 1. The number of amides is 2. The number of carbonyl (C=O) groups is 1. The van der Waals surface area contributed by atoms with Crippen molar-refractivity contribution < 1.29 is 18.0 Å². The zero-order valence-corrected chi connectivity index (χ0v) is 14.4. The first-order chi connectivity index (χ1) is 12.8. The van der Waals surface area contributed by atoms with E-state index in [0.29, 0.717) is 30.7 Å². The van der Waals surface area contributed by atoms with Gasteiger partial charge in [0.05, 0.1) is 17.6 Å². The molecule has 11 heteroatoms. The van der Waals surface area contributed by atoms with Crippen LogP contribution < -0.4 is 10.2 Å². The number of hydrogen-bond acceptors (Lipinski definition) is 4. The van der Waals surface area contributed by atoms with Gasteiger partial charge in [-0.25, -0.2) is 14.3 Å². The van der Waals surface area contributed by atoms with E-state index in [1.54, 1.807) is 10.6 Å². The van der Waals surface area contributed by atoms with Crippen LogP contribution in [0.3, 0.4) is 0 Å². The Hall–Kier alpha value is -2.88. The minimum Gasteiger partial charge on any atom is -0.307 e. The molecule has 1 N–H and O–H groups in total. The lowest BCUT2D eigenvalue weighted by Gasteiger charge is -2.29. The number of halogens is 4. The molecule has 27 heavy (non-hydrogen) atoms. The van der Waals surface area contributed by atoms with Gasteiger partial charge in [0.1, 0.15) is 5.69 Å². The van der Waals surface area contributed by atoms with Crippen molar-refractivity contribution in [3.63, 3.8) is 0 Å². The van der Waals surface area contributed by atoms with Crippen LogP contribution in [0.15, 0.2) is 30.6 Å². The van der Waals surface area contributed by atoms with Gasteiger partial charge in [-0.1, -0.05) is 11.6 Å². The summed E-state index contributed by atoms with van der Waals surface area (Å²) in [7, 11) is 0. The molecule has 1 aliphatic rings. The van der Waals surface area contributed by atoms with Crippen LogP contribution in [0.1, 0.15) is 17.8 Å². The maximum absolute atomic E-state index is 12.8. The van der Waals surface area contributed by atoms with Crippen molar-refractivity contribution in [1.82, 2.24) is 19.6 Å². The monoisotopic (exact) mass is 396 g/mol. The Labute approximate surface area is 155 Å². The number of carbonyl (C=O) groups excluding carboxylic acids is 1. The summed E-state index contributed by atoms with van der Waals surface area (Å²) in [6.07, 6.45) is -0.716. The maximum Gasteiger partial charge on any atom is 0.433 e. The molecule has 0 aliphatic carbocycles. The summed E-state index contributed by atoms with van der Waals surface area (Å²) in [4.78, 5) is 21.6. The molecule has 0 unspecified atom stereocenters. The average Bonchev–Trinajstić information content (AvgIpc) is 3.01. The SMILES string of the molecule is O=C(Nc1ccnc(C(F)(F)F)c1)N1CCCc2c1cnc1cc(Cl)nn21. The van der Waals surface area contributed by atoms with Gasteiger partial charge in [-0.05, 0) is 25.0 Å². The Morgan fingerprint density at radius 3 is 2.85 bits per heavy atom. The van der Waals surface area contributed by atoms with E-state index in [0.717, 1.165) is 18.0 Å². The van der Waals surface area contributed by atoms with E-state index in [1.165, 1.54) is 17.2 Å². The molecule has 0 fully saturated rings. The minimum absolute atomic E-state index is 0.00520. The lowest BCUT2D eigenvalue weighted by Crippen LogP contribution is -2.39. The van der Waals surface area contributed by atoms with Crippen molar-refractivity contribution in [2.75, 3.05) is 16.8 Å². The van der Waals surface area contributed by atoms with Gasteiger partial charge in [0.25, 0.3) is 0 Å². The summed E-state index contributed by atoms with van der Waals surface area (Å²) in [5.41, 5.74) is 0.791. The Bertz CT molecular complexity index is 1030. The molecule has 3 aromatic heterocycles. The predicted molar refractivity (Wildman–Crippen MR) is 91.9 cm³/mol. The molecular weight excluding hydrogens is 385 g/mol. The second-order valence-corrected chi connectivity index (χ2v) is 6.33. The zero-order valence-electron chi connectivity index (χ0n) is 13.7. The van der Waals surface area contributed by atoms with E-state index in [-0.39, 0.29) is 10.8 Å². The fraction of sp³-hybridized carbons (Fsp3) is 0.250. The number of aromatic nitrogens is 4. The third-order valence-corrected chi connectivity index (χ3v) is 4.35. The van der Waals surface area contributed by atoms with Crippen LogP contribution in [0.25, 0.3) is 5.65 Å². The molecule has 3 aromatic rings. The normalized spacial score (nSPS) is 14.3. The Kier molecular flexibility index (Phi) is 4.14. The van der Waals surface area contributed by atoms with E-state index in [9.17, 15) is 18.0 Å². The van der Waals surface area contributed by atoms with Gasteiger partial charge < -0.3 is 5.32 Å². The zero-order chi connectivity index (χ0) is 19.2. The van der Waals surface area contributed by atoms with Crippen LogP contribution in [0.2, 0.25) is 5.15 Å². The molecule has 0 saturated heterocycles. The molecule has 0 bridgehead atoms. The second kappa shape index (κ2) is 6.38. The van der Waals surface area contributed by atoms with Crippen molar-refractivity contribution in [2.45, 2.75) is 19.0 Å². The highest BCUT2D eigenvalue weighted by molar-refractivity contribution is 6.29. The number of aryl methyl sites for hydroxylation is 1. The van der Waals surface area contributed by atoms with Crippen LogP contribution in [0.5, 0.6) is 0 Å². The molecule has 140 valence electrons. The Morgan fingerprint density at radius 2 is 2.07 bits per heavy atom. The second-order valence-electron chi connectivity index (χ2n) is 5.94. The van der Waals surface area contributed by atoms with Crippen molar-refractivity contribution in [3.8, 4) is 0 Å². The van der Waals surface area contributed by atoms with Gasteiger partial charge in [-0.2, -0.15) is 18.3 Å². The number of fused-ring (bicyclic) bond motifs is 3. The average molecular weight is 397 g/mol. The number of rotatable bonds is 1. The number of hydrogen-bond donors (Lipinski definition) is 1. The fourth-order valence-corrected chi connectivity index (χ4v) is 3.17. The molecule has 4 heterocycles. The smallest absolute Gasteiger partial charge is 0.307 e. The highest BCUT2D eigenvalue weighted by Gasteiger charge is 2.33. The fourth-order valence-electron chi connectivity index (χ4n) is 2.99. The number of anilines is 2. The van der Waals surface area contributed by atoms with Gasteiger partial charge in [0.15, 0.2) is 10.8 Å². The number of nitrogens with zero attached hydrogens (tertiary/aromatic N) is 5. The first kappa shape index (κ1) is 17.5. The van der Waals surface area contributed by atoms with Gasteiger partial charge >= 0.3 is 12.2 Å². The summed E-state index contributed by atoms with van der Waals surface area (Å²) in [5.74, 6) is 0. The van der Waals surface area contributed by atoms with Crippen LogP contribution in [0.4, 0.5) is 29.3 Å². The Morgan fingerprint density at radius 1 is 1.26 bits per heavy atom. The summed E-state index contributed by atoms with van der Waals surface area (Å²) >= 11 is 5.92. The molecule has 4 rings (SSSR count). The third-order valence-electron chi connectivity index (χ3n) is 4.16. The first-order valence-corrected chi connectivity index (χ1v) is 8.35. The van der Waals surface area contributed by atoms with Crippen LogP contribution >= 0.6 is 11.6 Å². The number of alkyl halides is 3. The van der Waals surface area contributed by atoms with Crippen LogP contribution in [-0.4, -0.2) is 32.2 Å². The quantitative estimate of drug-likeness (QED) is 0.679. The lowest BCUT2D eigenvalue weighted by molar-refractivity contribution is -0.141. The highest BCUT2D eigenvalue weighted by atomic mass is 35.5. The predicted octanol–water partition coefficient (Wildman–Crippen LogP) is 3.78. The van der Waals surface area contributed by atoms with E-state index < -0.39 is 17.9 Å². The highest BCUT2D eigenvalue weighted by Crippen LogP contribution is 2.30. The van der Waals surface area contributed by atoms with Crippen molar-refractivity contribution in [2.24, 2.45) is 0 Å². The molecule has 0 atom stereocenters. The summed E-state index contributed by atoms with van der Waals surface area (Å²) in [6, 6.07) is 3.13. The van der Waals surface area contributed by atoms with Gasteiger partial charge in [-0.3, -0.25) is 9.88 Å². The van der Waals surface area contributed by atoms with Crippen LogP contribution in [-0.2, 0) is 12.6 Å². The molecular formula is C16H12ClF3N6O. The molecule has 0 radical (unpaired) electrons. The largest absolute Gasteiger partial charge is 0.433 e. The molecule has 0 aromatic carbocycles. The van der Waals surface area contributed by atoms with E-state index in [1.807, 2.05) is 0 Å². The topological polar surface area (TPSA) is 75.4 Å². The van der Waals surface area contributed by atoms with Crippen molar-refractivity contribution >= 4 is 34.7 Å². The van der Waals surface area contributed by atoms with Crippen LogP contribution in [0, 0.1) is 0 Å². The van der Waals surface area contributed by atoms with Crippen molar-refractivity contribution in [3.05, 3.63) is 47.1 Å². The van der Waals surface area contributed by atoms with Gasteiger partial charge in [0.2, 0.25) is 0 Å². The summed E-state index contributed by atoms with van der Waals surface area (Å²) < 4.78 is 40.0. The van der Waals surface area contributed by atoms with Crippen molar-refractivity contribution in [1.29, 1.82) is 0 Å². The summed E-state index contributed by atoms with van der Waals surface area (Å²) in [5, 5.41) is 6.94. The van der Waals surface area contributed by atoms with E-state index >= 15 is 0 Å². The first-order valence-electron chi connectivity index (χ1n) is 7.98. The van der Waals surface area contributed by atoms with E-state index in [2.05, 4.69) is 20.4 Å². The number of urea groups is 1. The lowest BCUT2D eigenvalue weighted by atomic mass is 10.1. The summed E-state index contributed by atoms with van der Waals surface area (Å²) in [6.45, 7) is 0.401. The number of pyridine rings is 1. The molecule has 7 nitrogen and oxygen atoms in total. The molecule has 0 saturated carbocycles. The van der Waals surface area contributed by atoms with E-state index in [4.69, 9.17) is 11.6 Å². The molecule has 0 spiro atoms. The van der Waals surface area contributed by atoms with Gasteiger partial charge in [-0.15, -0.1) is 0 Å². The maximum atomic E-state index is 12.8. The molecule has 1 aliphatic heterocycles. The minimum atomic E-state index is -4.59. The Balaban J connectivity index is 1.64. The standard InChI is InChI=1S/C16H12ClF3N6O/c17-13-7-14-22-8-11-10(26(14)24-13)2-1-5-25(11)15(27)23-9-3-4-21-12(6-9)16(18,19)20/h3-4,6-8H,1-2,5H2,(H,21,23,27). The molecule has 2 amide bonds. The van der Waals surface area contributed by atoms with Gasteiger partial charge in [0, 0.05) is 24.5 Å².